The standard InChI is InChI=1S/C15H21N/c1-13(2)12-16-10-8-15(9-11-16)14-6-4-3-5-7-14/h3-8,13H,9-12H2,1-2H3. The second-order valence-corrected chi connectivity index (χ2v) is 5.00. The monoisotopic (exact) mass is 215 g/mol. The minimum Gasteiger partial charge on any atom is -0.299 e. The highest BCUT2D eigenvalue weighted by Gasteiger charge is 2.13. The molecule has 0 amide bonds. The predicted octanol–water partition coefficient (Wildman–Crippen LogP) is 3.43. The van der Waals surface area contributed by atoms with Gasteiger partial charge in [-0.3, -0.25) is 4.90 Å². The molecule has 1 aliphatic rings. The van der Waals surface area contributed by atoms with Crippen molar-refractivity contribution in [2.75, 3.05) is 19.6 Å². The molecule has 0 saturated carbocycles. The van der Waals surface area contributed by atoms with Crippen LogP contribution in [-0.2, 0) is 0 Å². The van der Waals surface area contributed by atoms with Gasteiger partial charge in [-0.15, -0.1) is 0 Å². The van der Waals surface area contributed by atoms with Gasteiger partial charge in [-0.25, -0.2) is 0 Å². The van der Waals surface area contributed by atoms with Crippen LogP contribution in [0.2, 0.25) is 0 Å². The molecular formula is C15H21N. The molecule has 0 N–H and O–H groups in total. The number of hydrogen-bond acceptors (Lipinski definition) is 1. The van der Waals surface area contributed by atoms with Gasteiger partial charge < -0.3 is 0 Å². The molecule has 1 aromatic carbocycles. The van der Waals surface area contributed by atoms with Crippen molar-refractivity contribution in [3.05, 3.63) is 42.0 Å². The highest BCUT2D eigenvalue weighted by atomic mass is 15.1. The lowest BCUT2D eigenvalue weighted by Crippen LogP contribution is -2.31. The van der Waals surface area contributed by atoms with Gasteiger partial charge in [0, 0.05) is 19.6 Å². The third-order valence-corrected chi connectivity index (χ3v) is 3.06. The Balaban J connectivity index is 1.99. The van der Waals surface area contributed by atoms with Crippen LogP contribution in [0.5, 0.6) is 0 Å². The zero-order valence-corrected chi connectivity index (χ0v) is 10.3. The van der Waals surface area contributed by atoms with E-state index >= 15 is 0 Å². The van der Waals surface area contributed by atoms with Crippen molar-refractivity contribution >= 4 is 5.57 Å². The molecule has 1 aliphatic heterocycles. The van der Waals surface area contributed by atoms with Crippen molar-refractivity contribution in [3.8, 4) is 0 Å². The van der Waals surface area contributed by atoms with Crippen LogP contribution in [0.4, 0.5) is 0 Å². The summed E-state index contributed by atoms with van der Waals surface area (Å²) in [6.45, 7) is 8.12. The molecule has 0 unspecified atom stereocenters. The third kappa shape index (κ3) is 2.96. The fourth-order valence-electron chi connectivity index (χ4n) is 2.31. The summed E-state index contributed by atoms with van der Waals surface area (Å²) in [5.74, 6) is 0.770. The van der Waals surface area contributed by atoms with Crippen LogP contribution >= 0.6 is 0 Å². The summed E-state index contributed by atoms with van der Waals surface area (Å²) in [7, 11) is 0. The van der Waals surface area contributed by atoms with E-state index in [1.807, 2.05) is 0 Å². The first-order chi connectivity index (χ1) is 7.75. The van der Waals surface area contributed by atoms with Gasteiger partial charge in [0.15, 0.2) is 0 Å². The molecule has 0 spiro atoms. The van der Waals surface area contributed by atoms with E-state index in [1.54, 1.807) is 0 Å². The molecule has 86 valence electrons. The Morgan fingerprint density at radius 2 is 1.94 bits per heavy atom. The summed E-state index contributed by atoms with van der Waals surface area (Å²) >= 11 is 0. The van der Waals surface area contributed by atoms with Gasteiger partial charge >= 0.3 is 0 Å². The van der Waals surface area contributed by atoms with Crippen LogP contribution in [0.15, 0.2) is 36.4 Å². The van der Waals surface area contributed by atoms with Crippen LogP contribution in [0, 0.1) is 5.92 Å². The molecule has 16 heavy (non-hydrogen) atoms. The molecule has 2 rings (SSSR count). The predicted molar refractivity (Wildman–Crippen MR) is 70.3 cm³/mol. The van der Waals surface area contributed by atoms with Crippen LogP contribution in [0.25, 0.3) is 5.57 Å². The van der Waals surface area contributed by atoms with Gasteiger partial charge in [0.2, 0.25) is 0 Å². The van der Waals surface area contributed by atoms with Crippen molar-refractivity contribution < 1.29 is 0 Å². The second kappa shape index (κ2) is 5.31. The Morgan fingerprint density at radius 1 is 1.19 bits per heavy atom. The SMILES string of the molecule is CC(C)CN1CC=C(c2ccccc2)CC1. The number of nitrogens with zero attached hydrogens (tertiary/aromatic N) is 1. The van der Waals surface area contributed by atoms with Crippen molar-refractivity contribution in [1.82, 2.24) is 4.90 Å². The fraction of sp³-hybridized carbons (Fsp3) is 0.467. The van der Waals surface area contributed by atoms with Gasteiger partial charge in [0.1, 0.15) is 0 Å². The van der Waals surface area contributed by atoms with Crippen molar-refractivity contribution in [2.24, 2.45) is 5.92 Å². The molecule has 1 heterocycles. The topological polar surface area (TPSA) is 3.24 Å². The van der Waals surface area contributed by atoms with Gasteiger partial charge in [0.05, 0.1) is 0 Å². The largest absolute Gasteiger partial charge is 0.299 e. The molecule has 0 aliphatic carbocycles. The summed E-state index contributed by atoms with van der Waals surface area (Å²) in [6, 6.07) is 10.7. The van der Waals surface area contributed by atoms with E-state index in [2.05, 4.69) is 55.2 Å². The van der Waals surface area contributed by atoms with E-state index in [-0.39, 0.29) is 0 Å². The Bertz CT molecular complexity index is 351. The lowest BCUT2D eigenvalue weighted by atomic mass is 9.99. The second-order valence-electron chi connectivity index (χ2n) is 5.00. The molecular weight excluding hydrogens is 194 g/mol. The quantitative estimate of drug-likeness (QED) is 0.746. The van der Waals surface area contributed by atoms with Crippen LogP contribution in [0.1, 0.15) is 25.8 Å². The summed E-state index contributed by atoms with van der Waals surface area (Å²) in [5.41, 5.74) is 2.91. The average molecular weight is 215 g/mol. The van der Waals surface area contributed by atoms with Gasteiger partial charge in [-0.1, -0.05) is 50.3 Å². The summed E-state index contributed by atoms with van der Waals surface area (Å²) in [6.07, 6.45) is 3.58. The summed E-state index contributed by atoms with van der Waals surface area (Å²) in [5, 5.41) is 0. The minimum atomic E-state index is 0.770. The molecule has 0 atom stereocenters. The first-order valence-electron chi connectivity index (χ1n) is 6.22. The normalized spacial score (nSPS) is 17.6. The van der Waals surface area contributed by atoms with E-state index in [0.717, 1.165) is 12.5 Å². The molecule has 1 nitrogen and oxygen atoms in total. The van der Waals surface area contributed by atoms with Crippen LogP contribution in [0.3, 0.4) is 0 Å². The molecule has 0 fully saturated rings. The highest BCUT2D eigenvalue weighted by molar-refractivity contribution is 5.66. The number of rotatable bonds is 3. The molecule has 0 radical (unpaired) electrons. The van der Waals surface area contributed by atoms with Crippen LogP contribution in [-0.4, -0.2) is 24.5 Å². The Morgan fingerprint density at radius 3 is 2.50 bits per heavy atom. The highest BCUT2D eigenvalue weighted by Crippen LogP contribution is 2.22. The molecule has 1 aromatic rings. The maximum Gasteiger partial charge on any atom is 0.0169 e. The van der Waals surface area contributed by atoms with Crippen LogP contribution < -0.4 is 0 Å². The van der Waals surface area contributed by atoms with E-state index < -0.39 is 0 Å². The smallest absolute Gasteiger partial charge is 0.0169 e. The zero-order valence-electron chi connectivity index (χ0n) is 10.3. The van der Waals surface area contributed by atoms with E-state index in [1.165, 1.54) is 30.6 Å². The number of benzene rings is 1. The van der Waals surface area contributed by atoms with Gasteiger partial charge in [-0.2, -0.15) is 0 Å². The van der Waals surface area contributed by atoms with Crippen molar-refractivity contribution in [1.29, 1.82) is 0 Å². The van der Waals surface area contributed by atoms with Gasteiger partial charge in [0.25, 0.3) is 0 Å². The van der Waals surface area contributed by atoms with Gasteiger partial charge in [-0.05, 0) is 23.5 Å². The molecule has 0 bridgehead atoms. The Kier molecular flexibility index (Phi) is 3.79. The van der Waals surface area contributed by atoms with E-state index in [4.69, 9.17) is 0 Å². The molecule has 0 saturated heterocycles. The first-order valence-corrected chi connectivity index (χ1v) is 6.22. The third-order valence-electron chi connectivity index (χ3n) is 3.06. The Labute approximate surface area is 98.8 Å². The maximum atomic E-state index is 2.54. The molecule has 0 aromatic heterocycles. The van der Waals surface area contributed by atoms with E-state index in [9.17, 15) is 0 Å². The van der Waals surface area contributed by atoms with E-state index in [0.29, 0.717) is 0 Å². The molecule has 1 heteroatoms. The average Bonchev–Trinajstić information content (AvgIpc) is 2.30. The summed E-state index contributed by atoms with van der Waals surface area (Å²) in [4.78, 5) is 2.54. The fourth-order valence-corrected chi connectivity index (χ4v) is 2.31. The first kappa shape index (κ1) is 11.4. The lowest BCUT2D eigenvalue weighted by Gasteiger charge is -2.27. The Hall–Kier alpha value is -1.08. The van der Waals surface area contributed by atoms with Crippen molar-refractivity contribution in [3.63, 3.8) is 0 Å². The zero-order chi connectivity index (χ0) is 11.4. The number of hydrogen-bond donors (Lipinski definition) is 0. The minimum absolute atomic E-state index is 0.770. The summed E-state index contributed by atoms with van der Waals surface area (Å²) < 4.78 is 0. The maximum absolute atomic E-state index is 2.54. The van der Waals surface area contributed by atoms with Crippen molar-refractivity contribution in [2.45, 2.75) is 20.3 Å². The lowest BCUT2D eigenvalue weighted by molar-refractivity contribution is 0.268.